The predicted octanol–water partition coefficient (Wildman–Crippen LogP) is -2.46. The zero-order valence-corrected chi connectivity index (χ0v) is 12.4. The number of pyridine rings is 1. The third-order valence-electron chi connectivity index (χ3n) is 3.00. The maximum Gasteiger partial charge on any atom is 0.101 e. The summed E-state index contributed by atoms with van der Waals surface area (Å²) < 4.78 is 5.35. The van der Waals surface area contributed by atoms with Crippen molar-refractivity contribution in [3.8, 4) is 0 Å². The highest BCUT2D eigenvalue weighted by atomic mass is 35.5. The highest BCUT2D eigenvalue weighted by Crippen LogP contribution is 2.09. The van der Waals surface area contributed by atoms with Gasteiger partial charge >= 0.3 is 0 Å². The number of ether oxygens (including phenoxy) is 1. The smallest absolute Gasteiger partial charge is 0.101 e. The third-order valence-corrected chi connectivity index (χ3v) is 3.99. The molecule has 2 rings (SSSR count). The van der Waals surface area contributed by atoms with Gasteiger partial charge < -0.3 is 22.0 Å². The van der Waals surface area contributed by atoms with Gasteiger partial charge in [-0.05, 0) is 19.1 Å². The predicted molar refractivity (Wildman–Crippen MR) is 71.5 cm³/mol. The van der Waals surface area contributed by atoms with Crippen molar-refractivity contribution in [2.75, 3.05) is 38.6 Å². The van der Waals surface area contributed by atoms with Crippen LogP contribution >= 0.6 is 11.8 Å². The molecule has 0 aromatic carbocycles. The maximum absolute atomic E-state index is 5.35. The van der Waals surface area contributed by atoms with E-state index in [0.717, 1.165) is 24.7 Å². The van der Waals surface area contributed by atoms with Crippen LogP contribution in [0.4, 0.5) is 0 Å². The minimum atomic E-state index is 0. The van der Waals surface area contributed by atoms with Crippen LogP contribution in [0.1, 0.15) is 11.4 Å². The number of quaternary nitrogens is 1. The summed E-state index contributed by atoms with van der Waals surface area (Å²) in [6, 6.07) is 6.25. The molecule has 1 aliphatic heterocycles. The molecular weight excluding hydrogens is 268 g/mol. The second-order valence-electron chi connectivity index (χ2n) is 4.44. The lowest BCUT2D eigenvalue weighted by Gasteiger charge is -2.23. The van der Waals surface area contributed by atoms with Crippen LogP contribution in [0.25, 0.3) is 0 Å². The largest absolute Gasteiger partial charge is 1.00 e. The first kappa shape index (κ1) is 15.8. The molecule has 0 aliphatic carbocycles. The lowest BCUT2D eigenvalue weighted by Crippen LogP contribution is -3.14. The first-order valence-electron chi connectivity index (χ1n) is 6.26. The van der Waals surface area contributed by atoms with Crippen molar-refractivity contribution in [2.45, 2.75) is 12.7 Å². The molecule has 1 N–H and O–H groups in total. The minimum absolute atomic E-state index is 0. The Morgan fingerprint density at radius 2 is 2.11 bits per heavy atom. The van der Waals surface area contributed by atoms with Crippen molar-refractivity contribution in [1.29, 1.82) is 0 Å². The molecule has 0 atom stereocenters. The Hall–Kier alpha value is -0.290. The molecule has 1 aromatic heterocycles. The van der Waals surface area contributed by atoms with Gasteiger partial charge in [-0.1, -0.05) is 6.07 Å². The zero-order chi connectivity index (χ0) is 11.9. The van der Waals surface area contributed by atoms with Crippen LogP contribution in [-0.2, 0) is 10.5 Å². The first-order valence-corrected chi connectivity index (χ1v) is 7.41. The third kappa shape index (κ3) is 5.57. The van der Waals surface area contributed by atoms with Gasteiger partial charge in [0.25, 0.3) is 0 Å². The fourth-order valence-corrected chi connectivity index (χ4v) is 2.93. The second-order valence-corrected chi connectivity index (χ2v) is 5.54. The summed E-state index contributed by atoms with van der Waals surface area (Å²) in [5.74, 6) is 2.25. The highest BCUT2D eigenvalue weighted by Gasteiger charge is 2.12. The number of hydrogen-bond donors (Lipinski definition) is 1. The van der Waals surface area contributed by atoms with E-state index >= 15 is 0 Å². The normalized spacial score (nSPS) is 16.3. The molecule has 2 heterocycles. The summed E-state index contributed by atoms with van der Waals surface area (Å²) >= 11 is 1.98. The number of hydrogen-bond acceptors (Lipinski definition) is 3. The van der Waals surface area contributed by atoms with Crippen LogP contribution in [-0.4, -0.2) is 43.6 Å². The number of nitrogens with one attached hydrogen (secondary N) is 1. The number of thioether (sulfide) groups is 1. The quantitative estimate of drug-likeness (QED) is 0.609. The molecule has 0 unspecified atom stereocenters. The van der Waals surface area contributed by atoms with Gasteiger partial charge in [-0.25, -0.2) is 0 Å². The molecule has 0 bridgehead atoms. The highest BCUT2D eigenvalue weighted by molar-refractivity contribution is 7.98. The number of aryl methyl sites for hydroxylation is 1. The monoisotopic (exact) mass is 288 g/mol. The van der Waals surface area contributed by atoms with E-state index in [2.05, 4.69) is 17.1 Å². The van der Waals surface area contributed by atoms with E-state index in [-0.39, 0.29) is 12.4 Å². The molecule has 5 heteroatoms. The molecule has 0 spiro atoms. The Balaban J connectivity index is 0.00000162. The molecule has 1 aliphatic rings. The van der Waals surface area contributed by atoms with Crippen LogP contribution in [0.3, 0.4) is 0 Å². The van der Waals surface area contributed by atoms with Crippen LogP contribution < -0.4 is 17.3 Å². The Morgan fingerprint density at radius 1 is 1.33 bits per heavy atom. The number of aromatic nitrogens is 1. The summed E-state index contributed by atoms with van der Waals surface area (Å²) in [6.07, 6.45) is 0. The van der Waals surface area contributed by atoms with Gasteiger partial charge in [0.15, 0.2) is 0 Å². The molecular formula is C13H21ClN2OS. The van der Waals surface area contributed by atoms with Gasteiger partial charge in [0.1, 0.15) is 13.1 Å². The lowest BCUT2D eigenvalue weighted by molar-refractivity contribution is -0.905. The van der Waals surface area contributed by atoms with E-state index in [9.17, 15) is 0 Å². The number of morpholine rings is 1. The van der Waals surface area contributed by atoms with E-state index in [1.807, 2.05) is 24.8 Å². The number of rotatable bonds is 5. The van der Waals surface area contributed by atoms with Crippen molar-refractivity contribution in [3.05, 3.63) is 29.6 Å². The molecule has 102 valence electrons. The minimum Gasteiger partial charge on any atom is -1.00 e. The van der Waals surface area contributed by atoms with Gasteiger partial charge in [0.2, 0.25) is 0 Å². The van der Waals surface area contributed by atoms with Crippen molar-refractivity contribution in [1.82, 2.24) is 4.98 Å². The van der Waals surface area contributed by atoms with Gasteiger partial charge in [0.05, 0.1) is 25.5 Å². The van der Waals surface area contributed by atoms with Gasteiger partial charge in [-0.15, -0.1) is 11.8 Å². The van der Waals surface area contributed by atoms with Crippen molar-refractivity contribution in [3.63, 3.8) is 0 Å². The summed E-state index contributed by atoms with van der Waals surface area (Å²) in [4.78, 5) is 6.19. The Bertz CT molecular complexity index is 346. The zero-order valence-electron chi connectivity index (χ0n) is 10.8. The van der Waals surface area contributed by atoms with Crippen LogP contribution in [0, 0.1) is 6.92 Å². The molecule has 1 saturated heterocycles. The molecule has 0 radical (unpaired) electrons. The molecule has 1 aromatic rings. The van der Waals surface area contributed by atoms with Gasteiger partial charge in [-0.3, -0.25) is 4.98 Å². The first-order chi connectivity index (χ1) is 8.34. The fourth-order valence-electron chi connectivity index (χ4n) is 1.98. The molecule has 0 saturated carbocycles. The van der Waals surface area contributed by atoms with E-state index in [4.69, 9.17) is 4.74 Å². The molecule has 3 nitrogen and oxygen atoms in total. The average Bonchev–Trinajstić information content (AvgIpc) is 2.36. The number of nitrogens with zero attached hydrogens (tertiary/aromatic N) is 1. The Morgan fingerprint density at radius 3 is 2.83 bits per heavy atom. The Labute approximate surface area is 120 Å². The summed E-state index contributed by atoms with van der Waals surface area (Å²) in [5, 5.41) is 0. The average molecular weight is 289 g/mol. The fraction of sp³-hybridized carbons (Fsp3) is 0.615. The summed E-state index contributed by atoms with van der Waals surface area (Å²) in [7, 11) is 0. The molecule has 1 fully saturated rings. The van der Waals surface area contributed by atoms with E-state index in [0.29, 0.717) is 0 Å². The molecule has 18 heavy (non-hydrogen) atoms. The molecule has 0 amide bonds. The van der Waals surface area contributed by atoms with Crippen LogP contribution in [0.15, 0.2) is 18.2 Å². The lowest BCUT2D eigenvalue weighted by atomic mass is 10.3. The Kier molecular flexibility index (Phi) is 7.66. The van der Waals surface area contributed by atoms with Gasteiger partial charge in [0, 0.05) is 17.2 Å². The summed E-state index contributed by atoms with van der Waals surface area (Å²) in [6.45, 7) is 7.50. The van der Waals surface area contributed by atoms with E-state index < -0.39 is 0 Å². The standard InChI is InChI=1S/C13H20N2OS.ClH/c1-12-3-2-4-13(14-12)11-17-10-7-15-5-8-16-9-6-15;/h2-4H,5-11H2,1H3;1H. The van der Waals surface area contributed by atoms with Gasteiger partial charge in [-0.2, -0.15) is 0 Å². The number of halogens is 1. The second kappa shape index (κ2) is 8.75. The summed E-state index contributed by atoms with van der Waals surface area (Å²) in [5.41, 5.74) is 2.31. The SMILES string of the molecule is Cc1cccc(CSCC[NH+]2CCOCC2)n1.[Cl-]. The van der Waals surface area contributed by atoms with Crippen molar-refractivity contribution in [2.24, 2.45) is 0 Å². The van der Waals surface area contributed by atoms with E-state index in [1.165, 1.54) is 31.1 Å². The van der Waals surface area contributed by atoms with Crippen LogP contribution in [0.2, 0.25) is 0 Å². The van der Waals surface area contributed by atoms with Crippen molar-refractivity contribution >= 4 is 11.8 Å². The van der Waals surface area contributed by atoms with Crippen LogP contribution in [0.5, 0.6) is 0 Å². The topological polar surface area (TPSA) is 26.6 Å². The van der Waals surface area contributed by atoms with Crippen molar-refractivity contribution < 1.29 is 22.0 Å². The maximum atomic E-state index is 5.35. The van der Waals surface area contributed by atoms with E-state index in [1.54, 1.807) is 4.90 Å².